The molecule has 0 aliphatic heterocycles. The highest BCUT2D eigenvalue weighted by Crippen LogP contribution is 2.56. The molecule has 0 saturated heterocycles. The van der Waals surface area contributed by atoms with Crippen molar-refractivity contribution in [2.24, 2.45) is 5.73 Å². The van der Waals surface area contributed by atoms with Crippen molar-refractivity contribution in [1.82, 2.24) is 0 Å². The number of hydrogen-bond acceptors (Lipinski definition) is 3. The second-order valence-electron chi connectivity index (χ2n) is 15.6. The topological polar surface area (TPSA) is 47.3 Å². The molecule has 276 valence electrons. The molecule has 2 aliphatic carbocycles. The number of nitrogens with one attached hydrogen (secondary N) is 1. The molecule has 3 N–H and O–H groups in total. The summed E-state index contributed by atoms with van der Waals surface area (Å²) in [5, 5.41) is 3.96. The molecule has 5 rings (SSSR count). The highest BCUT2D eigenvalue weighted by Gasteiger charge is 2.44. The van der Waals surface area contributed by atoms with Gasteiger partial charge >= 0.3 is 0 Å². The molecule has 3 nitrogen and oxygen atoms in total. The van der Waals surface area contributed by atoms with Crippen molar-refractivity contribution < 1.29 is 4.74 Å². The maximum absolute atomic E-state index is 6.52. The summed E-state index contributed by atoms with van der Waals surface area (Å²) in [4.78, 5) is 0. The Morgan fingerprint density at radius 2 is 1.20 bits per heavy atom. The third-order valence-electron chi connectivity index (χ3n) is 11.6. The lowest BCUT2D eigenvalue weighted by atomic mass is 9.69. The van der Waals surface area contributed by atoms with Gasteiger partial charge in [-0.25, -0.2) is 0 Å². The zero-order valence-corrected chi connectivity index (χ0v) is 32.4. The lowest BCUT2D eigenvalue weighted by Crippen LogP contribution is -2.35. The SMILES string of the molecule is CCCCCCCCC1(CCCCCCCC)c2cc(OCCCCCCC)ccc2-c2ccc(C3(Nc4ccccc4)C=CC(N)=CC3)cc21. The van der Waals surface area contributed by atoms with E-state index in [0.717, 1.165) is 36.6 Å². The van der Waals surface area contributed by atoms with E-state index in [1.807, 2.05) is 0 Å². The average Bonchev–Trinajstić information content (AvgIpc) is 3.42. The van der Waals surface area contributed by atoms with Crippen LogP contribution < -0.4 is 15.8 Å². The molecule has 0 aromatic heterocycles. The Kier molecular flexibility index (Phi) is 15.2. The number of fused-ring (bicyclic) bond motifs is 3. The zero-order chi connectivity index (χ0) is 35.8. The summed E-state index contributed by atoms with van der Waals surface area (Å²) < 4.78 is 6.52. The minimum atomic E-state index is -0.369. The molecule has 0 heterocycles. The molecule has 0 fully saturated rings. The highest BCUT2D eigenvalue weighted by molar-refractivity contribution is 5.82. The smallest absolute Gasteiger partial charge is 0.119 e. The molecule has 51 heavy (non-hydrogen) atoms. The van der Waals surface area contributed by atoms with Gasteiger partial charge in [0.05, 0.1) is 12.1 Å². The Morgan fingerprint density at radius 3 is 1.80 bits per heavy atom. The van der Waals surface area contributed by atoms with E-state index in [1.165, 1.54) is 143 Å². The lowest BCUT2D eigenvalue weighted by molar-refractivity contribution is 0.303. The van der Waals surface area contributed by atoms with Gasteiger partial charge in [0.1, 0.15) is 5.75 Å². The van der Waals surface area contributed by atoms with Crippen LogP contribution in [-0.4, -0.2) is 6.61 Å². The number of rotatable bonds is 24. The number of para-hydroxylation sites is 1. The minimum absolute atomic E-state index is 0.0160. The minimum Gasteiger partial charge on any atom is -0.494 e. The first-order valence-corrected chi connectivity index (χ1v) is 21.0. The van der Waals surface area contributed by atoms with Gasteiger partial charge < -0.3 is 15.8 Å². The molecule has 1 unspecified atom stereocenters. The highest BCUT2D eigenvalue weighted by atomic mass is 16.5. The van der Waals surface area contributed by atoms with Crippen LogP contribution in [0.3, 0.4) is 0 Å². The monoisotopic (exact) mass is 689 g/mol. The van der Waals surface area contributed by atoms with Crippen molar-refractivity contribution in [1.29, 1.82) is 0 Å². The molecule has 1 atom stereocenters. The number of hydrogen-bond donors (Lipinski definition) is 2. The number of allylic oxidation sites excluding steroid dienone is 1. The van der Waals surface area contributed by atoms with E-state index in [2.05, 4.69) is 111 Å². The van der Waals surface area contributed by atoms with Crippen molar-refractivity contribution in [3.63, 3.8) is 0 Å². The summed E-state index contributed by atoms with van der Waals surface area (Å²) in [6.07, 6.45) is 31.9. The van der Waals surface area contributed by atoms with Crippen LogP contribution >= 0.6 is 0 Å². The number of ether oxygens (including phenoxy) is 1. The Morgan fingerprint density at radius 1 is 0.627 bits per heavy atom. The van der Waals surface area contributed by atoms with Gasteiger partial charge in [0.15, 0.2) is 0 Å². The summed E-state index contributed by atoms with van der Waals surface area (Å²) in [5.41, 5.74) is 15.1. The van der Waals surface area contributed by atoms with Gasteiger partial charge in [-0.15, -0.1) is 0 Å². The van der Waals surface area contributed by atoms with Crippen molar-refractivity contribution >= 4 is 5.69 Å². The van der Waals surface area contributed by atoms with Crippen LogP contribution in [0.5, 0.6) is 5.75 Å². The lowest BCUT2D eigenvalue weighted by Gasteiger charge is -2.37. The Hall–Kier alpha value is -3.46. The van der Waals surface area contributed by atoms with Gasteiger partial charge in [-0.05, 0) is 83.8 Å². The number of benzene rings is 3. The third-order valence-corrected chi connectivity index (χ3v) is 11.6. The molecule has 3 aromatic rings. The van der Waals surface area contributed by atoms with Gasteiger partial charge in [0.2, 0.25) is 0 Å². The van der Waals surface area contributed by atoms with Crippen molar-refractivity contribution in [2.75, 3.05) is 11.9 Å². The van der Waals surface area contributed by atoms with Gasteiger partial charge in [0, 0.05) is 16.8 Å². The van der Waals surface area contributed by atoms with Gasteiger partial charge in [-0.1, -0.05) is 178 Å². The van der Waals surface area contributed by atoms with Crippen LogP contribution in [0.2, 0.25) is 0 Å². The molecule has 3 heteroatoms. The van der Waals surface area contributed by atoms with Crippen LogP contribution in [0.1, 0.15) is 166 Å². The molecule has 0 amide bonds. The van der Waals surface area contributed by atoms with Crippen LogP contribution in [0.15, 0.2) is 90.7 Å². The van der Waals surface area contributed by atoms with Crippen LogP contribution in [0, 0.1) is 0 Å². The standard InChI is InChI=1S/C48H68N2O/c1-4-7-10-13-15-21-32-47(33-22-16-14-11-8-5-2)45-37-39(48(34-30-40(49)31-35-48)50-41-24-19-18-20-25-41)26-28-43(45)44-29-27-42(38-46(44)47)51-36-23-17-12-9-6-3/h18-20,24-31,34,37-38,50H,4-17,21-23,32-33,35-36,49H2,1-3H3. The van der Waals surface area contributed by atoms with Gasteiger partial charge in [-0.2, -0.15) is 0 Å². The molecule has 0 bridgehead atoms. The molecular weight excluding hydrogens is 621 g/mol. The summed E-state index contributed by atoms with van der Waals surface area (Å²) in [5.74, 6) is 1.05. The quantitative estimate of drug-likeness (QED) is 0.0921. The number of unbranched alkanes of at least 4 members (excludes halogenated alkanes) is 14. The van der Waals surface area contributed by atoms with Crippen LogP contribution in [0.4, 0.5) is 5.69 Å². The molecule has 0 spiro atoms. The molecule has 0 saturated carbocycles. The van der Waals surface area contributed by atoms with Gasteiger partial charge in [-0.3, -0.25) is 0 Å². The first-order chi connectivity index (χ1) is 25.0. The third kappa shape index (κ3) is 10.1. The van der Waals surface area contributed by atoms with Crippen molar-refractivity contribution in [3.8, 4) is 16.9 Å². The van der Waals surface area contributed by atoms with Gasteiger partial charge in [0.25, 0.3) is 0 Å². The summed E-state index contributed by atoms with van der Waals surface area (Å²) in [6.45, 7) is 7.71. The average molecular weight is 689 g/mol. The maximum Gasteiger partial charge on any atom is 0.119 e. The second-order valence-corrected chi connectivity index (χ2v) is 15.6. The fraction of sp³-hybridized carbons (Fsp3) is 0.542. The van der Waals surface area contributed by atoms with E-state index >= 15 is 0 Å². The summed E-state index contributed by atoms with van der Waals surface area (Å²) >= 11 is 0. The number of anilines is 1. The Labute approximate surface area is 311 Å². The molecular formula is C48H68N2O. The maximum atomic E-state index is 6.52. The van der Waals surface area contributed by atoms with Crippen LogP contribution in [-0.2, 0) is 11.0 Å². The summed E-state index contributed by atoms with van der Waals surface area (Å²) in [7, 11) is 0. The van der Waals surface area contributed by atoms with Crippen LogP contribution in [0.25, 0.3) is 11.1 Å². The Balaban J connectivity index is 1.53. The van der Waals surface area contributed by atoms with E-state index in [0.29, 0.717) is 0 Å². The van der Waals surface area contributed by atoms with E-state index in [1.54, 1.807) is 0 Å². The fourth-order valence-electron chi connectivity index (χ4n) is 8.63. The van der Waals surface area contributed by atoms with E-state index < -0.39 is 0 Å². The van der Waals surface area contributed by atoms with Crippen molar-refractivity contribution in [3.05, 3.63) is 107 Å². The predicted octanol–water partition coefficient (Wildman–Crippen LogP) is 13.9. The second kappa shape index (κ2) is 20.0. The van der Waals surface area contributed by atoms with E-state index in [9.17, 15) is 0 Å². The molecule has 2 aliphatic rings. The molecule has 0 radical (unpaired) electrons. The summed E-state index contributed by atoms with van der Waals surface area (Å²) in [6, 6.07) is 25.1. The Bertz CT molecular complexity index is 1520. The van der Waals surface area contributed by atoms with E-state index in [-0.39, 0.29) is 11.0 Å². The first-order valence-electron chi connectivity index (χ1n) is 21.0. The van der Waals surface area contributed by atoms with Crippen molar-refractivity contribution in [2.45, 2.75) is 160 Å². The van der Waals surface area contributed by atoms with E-state index in [4.69, 9.17) is 10.5 Å². The largest absolute Gasteiger partial charge is 0.494 e. The normalized spacial score (nSPS) is 17.2. The fourth-order valence-corrected chi connectivity index (χ4v) is 8.63. The first kappa shape index (κ1) is 38.8. The molecule has 3 aromatic carbocycles. The predicted molar refractivity (Wildman–Crippen MR) is 221 cm³/mol. The number of nitrogens with two attached hydrogens (primary N) is 1. The zero-order valence-electron chi connectivity index (χ0n) is 32.4.